The third-order valence-corrected chi connectivity index (χ3v) is 6.61. The number of aromatic hydroxyl groups is 1. The third kappa shape index (κ3) is 4.42. The first kappa shape index (κ1) is 25.4. The molecule has 0 radical (unpaired) electrons. The van der Waals surface area contributed by atoms with Crippen molar-refractivity contribution in [3.8, 4) is 5.75 Å². The summed E-state index contributed by atoms with van der Waals surface area (Å²) in [5.41, 5.74) is -1.31. The van der Waals surface area contributed by atoms with E-state index >= 15 is 0 Å². The van der Waals surface area contributed by atoms with Crippen LogP contribution < -0.4 is 16.2 Å². The van der Waals surface area contributed by atoms with Crippen molar-refractivity contribution in [1.29, 1.82) is 0 Å². The molecule has 11 heteroatoms. The summed E-state index contributed by atoms with van der Waals surface area (Å²) in [6.45, 7) is 8.11. The fraction of sp³-hybridized carbons (Fsp3) is 0.435. The van der Waals surface area contributed by atoms with Crippen LogP contribution in [0.2, 0.25) is 0 Å². The lowest BCUT2D eigenvalue weighted by Gasteiger charge is -2.41. The Hall–Kier alpha value is -3.25. The normalized spacial score (nSPS) is 13.5. The molecule has 0 unspecified atom stereocenters. The van der Waals surface area contributed by atoms with Crippen LogP contribution in [0.3, 0.4) is 0 Å². The van der Waals surface area contributed by atoms with Crippen LogP contribution in [-0.2, 0) is 0 Å². The molecule has 184 valence electrons. The Kier molecular flexibility index (Phi) is 7.13. The highest BCUT2D eigenvalue weighted by atomic mass is 16.5. The monoisotopic (exact) mass is 473 g/mol. The van der Waals surface area contributed by atoms with Gasteiger partial charge < -0.3 is 40.4 Å². The van der Waals surface area contributed by atoms with Gasteiger partial charge in [-0.25, -0.2) is 0 Å². The van der Waals surface area contributed by atoms with E-state index in [1.54, 1.807) is 39.8 Å². The zero-order valence-electron chi connectivity index (χ0n) is 19.9. The Balaban J connectivity index is 2.16. The van der Waals surface area contributed by atoms with Crippen molar-refractivity contribution < 1.29 is 24.0 Å². The van der Waals surface area contributed by atoms with Crippen LogP contribution in [0.25, 0.3) is 0 Å². The van der Waals surface area contributed by atoms with Gasteiger partial charge in [-0.3, -0.25) is 14.4 Å². The molecule has 0 aliphatic heterocycles. The molecular formula is C23H31N5O6. The number of pyridine rings is 1. The highest BCUT2D eigenvalue weighted by Crippen LogP contribution is 2.38. The first-order valence-corrected chi connectivity index (χ1v) is 11.4. The minimum Gasteiger partial charge on any atom is -0.631 e. The summed E-state index contributed by atoms with van der Waals surface area (Å²) in [6, 6.07) is 3.09. The van der Waals surface area contributed by atoms with E-state index in [9.17, 15) is 29.9 Å². The van der Waals surface area contributed by atoms with Crippen molar-refractivity contribution in [3.63, 3.8) is 0 Å². The van der Waals surface area contributed by atoms with Gasteiger partial charge in [0.15, 0.2) is 13.3 Å². The van der Waals surface area contributed by atoms with Gasteiger partial charge in [-0.15, -0.1) is 0 Å². The zero-order chi connectivity index (χ0) is 25.3. The summed E-state index contributed by atoms with van der Waals surface area (Å²) in [6.07, 6.45) is 0.964. The number of anilines is 2. The highest BCUT2D eigenvalue weighted by Gasteiger charge is 2.38. The smallest absolute Gasteiger partial charge is 0.260 e. The summed E-state index contributed by atoms with van der Waals surface area (Å²) in [4.78, 5) is 41.7. The van der Waals surface area contributed by atoms with Gasteiger partial charge in [-0.2, -0.15) is 0 Å². The Morgan fingerprint density at radius 1 is 0.765 bits per heavy atom. The molecule has 0 atom stereocenters. The van der Waals surface area contributed by atoms with E-state index in [1.807, 2.05) is 0 Å². The molecule has 0 amide bonds. The van der Waals surface area contributed by atoms with Crippen molar-refractivity contribution in [3.05, 3.63) is 61.4 Å². The fourth-order valence-corrected chi connectivity index (χ4v) is 3.94. The molecule has 0 saturated heterocycles. The Labute approximate surface area is 197 Å². The minimum atomic E-state index is -0.801. The van der Waals surface area contributed by atoms with E-state index in [-0.39, 0.29) is 41.4 Å². The molecule has 1 aliphatic carbocycles. The number of hydroxylamine groups is 6. The molecule has 1 aliphatic rings. The van der Waals surface area contributed by atoms with Gasteiger partial charge in [0, 0.05) is 6.20 Å². The number of carbonyl (C=O) groups is 2. The van der Waals surface area contributed by atoms with Crippen LogP contribution in [0.1, 0.15) is 59.5 Å². The number of ketones is 2. The van der Waals surface area contributed by atoms with Crippen LogP contribution in [0.4, 0.5) is 11.4 Å². The first-order chi connectivity index (χ1) is 16.0. The van der Waals surface area contributed by atoms with E-state index in [4.69, 9.17) is 0 Å². The largest absolute Gasteiger partial charge is 0.631 e. The molecular weight excluding hydrogens is 442 g/mol. The summed E-state index contributed by atoms with van der Waals surface area (Å²) < 4.78 is -1.14. The van der Waals surface area contributed by atoms with Crippen LogP contribution in [0, 0.1) is 10.4 Å². The molecule has 1 aromatic carbocycles. The molecule has 34 heavy (non-hydrogen) atoms. The number of hydrogen-bond acceptors (Lipinski definition) is 8. The van der Waals surface area contributed by atoms with Crippen LogP contribution in [0.15, 0.2) is 23.1 Å². The van der Waals surface area contributed by atoms with Gasteiger partial charge in [0.1, 0.15) is 11.3 Å². The number of nitrogens with zero attached hydrogens (tertiary/aromatic N) is 2. The molecule has 4 N–H and O–H groups in total. The second-order valence-electron chi connectivity index (χ2n) is 8.37. The maximum Gasteiger partial charge on any atom is 0.260 e. The van der Waals surface area contributed by atoms with Gasteiger partial charge in [0.25, 0.3) is 5.56 Å². The van der Waals surface area contributed by atoms with E-state index in [0.717, 1.165) is 6.20 Å². The highest BCUT2D eigenvalue weighted by molar-refractivity contribution is 6.32. The van der Waals surface area contributed by atoms with Crippen LogP contribution in [-0.4, -0.2) is 70.5 Å². The standard InChI is InChI=1S/C23H31N5O6/c1-5-27(33,6-2)12-25-14-9-10-15(26-13-28(34,7-3)8-4)18-17(14)21(30)19-16(29)11-24-23(32)20(19)22(18)31/h9-11,25-26,29H,5-8,12-13H2,1-4H3,(H,24,32). The second-order valence-corrected chi connectivity index (χ2v) is 8.37. The number of aromatic nitrogens is 1. The van der Waals surface area contributed by atoms with E-state index < -0.39 is 37.7 Å². The molecule has 0 spiro atoms. The Morgan fingerprint density at radius 3 is 1.59 bits per heavy atom. The maximum absolute atomic E-state index is 13.5. The number of H-pyrrole nitrogens is 1. The van der Waals surface area contributed by atoms with Gasteiger partial charge in [0.05, 0.1) is 54.2 Å². The van der Waals surface area contributed by atoms with Crippen molar-refractivity contribution in [1.82, 2.24) is 4.98 Å². The summed E-state index contributed by atoms with van der Waals surface area (Å²) >= 11 is 0. The number of hydrogen-bond donors (Lipinski definition) is 4. The third-order valence-electron chi connectivity index (χ3n) is 6.61. The Bertz CT molecular complexity index is 1170. The predicted octanol–water partition coefficient (Wildman–Crippen LogP) is 2.30. The molecule has 0 saturated carbocycles. The lowest BCUT2D eigenvalue weighted by Crippen LogP contribution is -2.46. The number of carbonyl (C=O) groups excluding carboxylic acids is 2. The topological polar surface area (TPSA) is 157 Å². The summed E-state index contributed by atoms with van der Waals surface area (Å²) in [5, 5.41) is 41.8. The number of rotatable bonds is 10. The molecule has 2 aromatic rings. The van der Waals surface area contributed by atoms with Crippen LogP contribution >= 0.6 is 0 Å². The summed E-state index contributed by atoms with van der Waals surface area (Å²) in [7, 11) is 0. The zero-order valence-corrected chi connectivity index (χ0v) is 19.9. The number of nitrogens with one attached hydrogen (secondary N) is 3. The molecule has 0 fully saturated rings. The van der Waals surface area contributed by atoms with Crippen molar-refractivity contribution in [2.24, 2.45) is 0 Å². The van der Waals surface area contributed by atoms with E-state index in [2.05, 4.69) is 15.6 Å². The van der Waals surface area contributed by atoms with Gasteiger partial charge in [0.2, 0.25) is 11.6 Å². The molecule has 3 rings (SSSR count). The maximum atomic E-state index is 13.5. The van der Waals surface area contributed by atoms with Gasteiger partial charge in [-0.05, 0) is 39.8 Å². The number of benzene rings is 1. The molecule has 1 heterocycles. The lowest BCUT2D eigenvalue weighted by molar-refractivity contribution is -0.873. The number of aromatic amines is 1. The van der Waals surface area contributed by atoms with Crippen molar-refractivity contribution in [2.45, 2.75) is 27.7 Å². The SMILES string of the molecule is CC[N+]([O-])(CC)CNc1ccc(NC[N+]([O-])(CC)CC)c2c1C(=O)c1c(O)c[nH]c(=O)c1C2=O. The second kappa shape index (κ2) is 9.55. The Morgan fingerprint density at radius 2 is 1.18 bits per heavy atom. The average Bonchev–Trinajstić information content (AvgIpc) is 2.85. The van der Waals surface area contributed by atoms with Crippen molar-refractivity contribution >= 4 is 22.9 Å². The predicted molar refractivity (Wildman–Crippen MR) is 128 cm³/mol. The number of fused-ring (bicyclic) bond motifs is 2. The average molecular weight is 474 g/mol. The first-order valence-electron chi connectivity index (χ1n) is 11.4. The van der Waals surface area contributed by atoms with Gasteiger partial charge in [-0.1, -0.05) is 0 Å². The van der Waals surface area contributed by atoms with Crippen molar-refractivity contribution in [2.75, 3.05) is 50.1 Å². The van der Waals surface area contributed by atoms with Gasteiger partial charge >= 0.3 is 0 Å². The lowest BCUT2D eigenvalue weighted by atomic mass is 9.82. The number of quaternary nitrogens is 2. The van der Waals surface area contributed by atoms with Crippen LogP contribution in [0.5, 0.6) is 5.75 Å². The molecule has 11 nitrogen and oxygen atoms in total. The molecule has 0 bridgehead atoms. The molecule has 1 aromatic heterocycles. The fourth-order valence-electron chi connectivity index (χ4n) is 3.94. The quantitative estimate of drug-likeness (QED) is 0.198. The van der Waals surface area contributed by atoms with E-state index in [0.29, 0.717) is 26.2 Å². The minimum absolute atomic E-state index is 0.0475. The summed E-state index contributed by atoms with van der Waals surface area (Å²) in [5.74, 6) is -1.99. The van der Waals surface area contributed by atoms with E-state index in [1.165, 1.54) is 0 Å².